The molecule has 0 saturated heterocycles. The van der Waals surface area contributed by atoms with Gasteiger partial charge in [0.05, 0.1) is 11.3 Å². The molecule has 0 aliphatic heterocycles. The average molecular weight is 987 g/mol. The molecule has 2 aliphatic carbocycles. The predicted molar refractivity (Wildman–Crippen MR) is 287 cm³/mol. The number of rotatable bonds is 13. The molecule has 2 aliphatic rings. The third-order valence-electron chi connectivity index (χ3n) is 12.6. The molecule has 8 nitrogen and oxygen atoms in total. The Balaban J connectivity index is 0.000000174. The van der Waals surface area contributed by atoms with Crippen LogP contribution in [0.2, 0.25) is 0 Å². The van der Waals surface area contributed by atoms with E-state index in [1.165, 1.54) is 70.6 Å². The topological polar surface area (TPSA) is 125 Å². The molecule has 9 heteroatoms. The fourth-order valence-electron chi connectivity index (χ4n) is 8.55. The van der Waals surface area contributed by atoms with E-state index in [1.54, 1.807) is 54.6 Å². The number of hydrogen-bond donors (Lipinski definition) is 4. The zero-order chi connectivity index (χ0) is 48.8. The van der Waals surface area contributed by atoms with Gasteiger partial charge in [-0.05, 0) is 128 Å². The van der Waals surface area contributed by atoms with Crippen LogP contribution in [0.4, 0.5) is 17.1 Å². The second-order valence-corrected chi connectivity index (χ2v) is 18.8. The van der Waals surface area contributed by atoms with Crippen LogP contribution in [-0.2, 0) is 0 Å². The Kier molecular flexibility index (Phi) is 20.3. The molecule has 4 N–H and O–H groups in total. The maximum absolute atomic E-state index is 12.4. The lowest BCUT2D eigenvalue weighted by Gasteiger charge is -2.19. The maximum atomic E-state index is 12.4. The van der Waals surface area contributed by atoms with Crippen molar-refractivity contribution < 1.29 is 24.3 Å². The highest BCUT2D eigenvalue weighted by Gasteiger charge is 2.16. The summed E-state index contributed by atoms with van der Waals surface area (Å²) in [6.45, 7) is 3.99. The standard InChI is InChI=1S/C23H25NO3.C23H27NO.C14H12BrNO/c25-22(19-12-5-2-6-13-19)24-21-16-18(14-15-20(21)23(26)27)11-7-10-17-8-3-1-4-9-17;1-18-15-16-20(12-8-11-19-9-4-2-5-10-19)17-22(18)24-23(25)21-13-6-3-7-14-21;1-10-7-8-12(15)9-13(10)16-14(17)11-5-3-2-4-6-11/h2,5-7,11-17H,1,3-4,8-10H2,(H,24,25)(H,26,27);3,6-8,12-17,19H,2,4-5,9-11H2,1H3,(H,24,25);2-9H,1H3,(H,16,17)/b11-7+;12-8+;. The molecule has 6 aromatic carbocycles. The number of carboxylic acid groups (broad SMARTS) is 1. The number of nitrogens with one attached hydrogen (secondary N) is 3. The number of amides is 3. The summed E-state index contributed by atoms with van der Waals surface area (Å²) >= 11 is 3.39. The first-order chi connectivity index (χ1) is 33.5. The van der Waals surface area contributed by atoms with E-state index < -0.39 is 5.97 Å². The molecule has 69 heavy (non-hydrogen) atoms. The molecule has 2 fully saturated rings. The Hall–Kier alpha value is -6.84. The number of benzene rings is 6. The predicted octanol–water partition coefficient (Wildman–Crippen LogP) is 15.9. The average Bonchev–Trinajstić information content (AvgIpc) is 3.38. The van der Waals surface area contributed by atoms with Gasteiger partial charge in [0.25, 0.3) is 17.7 Å². The normalized spacial score (nSPS) is 13.9. The van der Waals surface area contributed by atoms with Crippen LogP contribution in [0.5, 0.6) is 0 Å². The van der Waals surface area contributed by atoms with Gasteiger partial charge in [-0.3, -0.25) is 14.4 Å². The Bertz CT molecular complexity index is 2670. The summed E-state index contributed by atoms with van der Waals surface area (Å²) in [7, 11) is 0. The molecule has 0 atom stereocenters. The van der Waals surface area contributed by atoms with Crippen LogP contribution in [0.3, 0.4) is 0 Å². The summed E-state index contributed by atoms with van der Waals surface area (Å²) < 4.78 is 0.950. The van der Waals surface area contributed by atoms with Gasteiger partial charge >= 0.3 is 5.97 Å². The van der Waals surface area contributed by atoms with E-state index in [0.29, 0.717) is 22.4 Å². The number of allylic oxidation sites excluding steroid dienone is 2. The number of carboxylic acids is 1. The van der Waals surface area contributed by atoms with Crippen LogP contribution in [0.25, 0.3) is 12.2 Å². The van der Waals surface area contributed by atoms with Crippen molar-refractivity contribution in [3.05, 3.63) is 207 Å². The lowest BCUT2D eigenvalue weighted by molar-refractivity contribution is 0.0697. The highest BCUT2D eigenvalue weighted by molar-refractivity contribution is 9.10. The molecular formula is C60H64BrN3O5. The largest absolute Gasteiger partial charge is 0.478 e. The van der Waals surface area contributed by atoms with Crippen molar-refractivity contribution in [2.75, 3.05) is 16.0 Å². The quantitative estimate of drug-likeness (QED) is 0.0917. The summed E-state index contributed by atoms with van der Waals surface area (Å²) in [5, 5.41) is 18.1. The first-order valence-electron chi connectivity index (χ1n) is 24.2. The van der Waals surface area contributed by atoms with Gasteiger partial charge in [0, 0.05) is 32.5 Å². The Morgan fingerprint density at radius 3 is 1.30 bits per heavy atom. The minimum absolute atomic E-state index is 0.0629. The van der Waals surface area contributed by atoms with Crippen molar-refractivity contribution in [3.63, 3.8) is 0 Å². The van der Waals surface area contributed by atoms with Crippen molar-refractivity contribution in [1.82, 2.24) is 0 Å². The zero-order valence-corrected chi connectivity index (χ0v) is 41.3. The van der Waals surface area contributed by atoms with Gasteiger partial charge in [-0.1, -0.05) is 183 Å². The molecular weight excluding hydrogens is 923 g/mol. The first kappa shape index (κ1) is 51.5. The summed E-state index contributed by atoms with van der Waals surface area (Å²) in [5.74, 6) is 0.0783. The molecule has 0 heterocycles. The van der Waals surface area contributed by atoms with E-state index in [1.807, 2.05) is 92.7 Å². The van der Waals surface area contributed by atoms with Crippen molar-refractivity contribution in [2.45, 2.75) is 90.9 Å². The van der Waals surface area contributed by atoms with Gasteiger partial charge in [-0.15, -0.1) is 0 Å². The molecule has 0 unspecified atom stereocenters. The summed E-state index contributed by atoms with van der Waals surface area (Å²) in [6, 6.07) is 44.4. The van der Waals surface area contributed by atoms with Gasteiger partial charge in [0.15, 0.2) is 0 Å². The van der Waals surface area contributed by atoms with Crippen molar-refractivity contribution in [2.24, 2.45) is 11.8 Å². The Morgan fingerprint density at radius 2 is 0.870 bits per heavy atom. The smallest absolute Gasteiger partial charge is 0.337 e. The molecule has 6 aromatic rings. The highest BCUT2D eigenvalue weighted by atomic mass is 79.9. The van der Waals surface area contributed by atoms with Crippen LogP contribution in [0, 0.1) is 25.7 Å². The van der Waals surface area contributed by atoms with Gasteiger partial charge in [-0.25, -0.2) is 4.79 Å². The number of hydrogen-bond acceptors (Lipinski definition) is 4. The van der Waals surface area contributed by atoms with Crippen LogP contribution in [0.1, 0.15) is 141 Å². The maximum Gasteiger partial charge on any atom is 0.337 e. The van der Waals surface area contributed by atoms with Crippen molar-refractivity contribution >= 4 is 68.8 Å². The van der Waals surface area contributed by atoms with E-state index in [4.69, 9.17) is 0 Å². The first-order valence-corrected chi connectivity index (χ1v) is 25.0. The number of carbonyl (C=O) groups is 4. The van der Waals surface area contributed by atoms with Gasteiger partial charge in [-0.2, -0.15) is 0 Å². The summed E-state index contributed by atoms with van der Waals surface area (Å²) in [6.07, 6.45) is 24.4. The zero-order valence-electron chi connectivity index (χ0n) is 39.8. The fraction of sp³-hybridized carbons (Fsp3) is 0.267. The van der Waals surface area contributed by atoms with Gasteiger partial charge < -0.3 is 21.1 Å². The monoisotopic (exact) mass is 985 g/mol. The Morgan fingerprint density at radius 1 is 0.493 bits per heavy atom. The molecule has 0 aromatic heterocycles. The molecule has 356 valence electrons. The van der Waals surface area contributed by atoms with Crippen LogP contribution < -0.4 is 16.0 Å². The fourth-order valence-corrected chi connectivity index (χ4v) is 8.91. The second kappa shape index (κ2) is 27.2. The lowest BCUT2D eigenvalue weighted by atomic mass is 9.87. The van der Waals surface area contributed by atoms with Crippen molar-refractivity contribution in [1.29, 1.82) is 0 Å². The van der Waals surface area contributed by atoms with Crippen LogP contribution >= 0.6 is 15.9 Å². The minimum atomic E-state index is -1.06. The molecule has 8 rings (SSSR count). The van der Waals surface area contributed by atoms with E-state index in [-0.39, 0.29) is 23.3 Å². The number of aromatic carboxylic acids is 1. The Labute approximate surface area is 416 Å². The molecule has 0 bridgehead atoms. The SMILES string of the molecule is Cc1ccc(/C=C/CC2CCCCC2)cc1NC(=O)c1ccccc1.Cc1ccc(Br)cc1NC(=O)c1ccccc1.O=C(Nc1cc(/C=C/CC2CCCCC2)ccc1C(=O)O)c1ccccc1. The minimum Gasteiger partial charge on any atom is -0.478 e. The van der Waals surface area contributed by atoms with Crippen LogP contribution in [0.15, 0.2) is 162 Å². The third kappa shape index (κ3) is 17.0. The van der Waals surface area contributed by atoms with Gasteiger partial charge in [0.1, 0.15) is 0 Å². The number of carbonyl (C=O) groups excluding carboxylic acids is 3. The third-order valence-corrected chi connectivity index (χ3v) is 13.1. The highest BCUT2D eigenvalue weighted by Crippen LogP contribution is 2.29. The van der Waals surface area contributed by atoms with E-state index in [0.717, 1.165) is 56.4 Å². The lowest BCUT2D eigenvalue weighted by Crippen LogP contribution is -2.14. The van der Waals surface area contributed by atoms with E-state index in [2.05, 4.69) is 68.3 Å². The van der Waals surface area contributed by atoms with Crippen LogP contribution in [-0.4, -0.2) is 28.8 Å². The second-order valence-electron chi connectivity index (χ2n) is 17.9. The van der Waals surface area contributed by atoms with E-state index in [9.17, 15) is 24.3 Å². The van der Waals surface area contributed by atoms with E-state index >= 15 is 0 Å². The summed E-state index contributed by atoms with van der Waals surface area (Å²) in [5.41, 5.74) is 8.09. The number of halogens is 1. The molecule has 3 amide bonds. The molecule has 0 radical (unpaired) electrons. The van der Waals surface area contributed by atoms with Gasteiger partial charge in [0.2, 0.25) is 0 Å². The molecule has 0 spiro atoms. The molecule has 2 saturated carbocycles. The number of aryl methyl sites for hydroxylation is 2. The summed E-state index contributed by atoms with van der Waals surface area (Å²) in [4.78, 5) is 48.2. The number of anilines is 3. The van der Waals surface area contributed by atoms with Crippen molar-refractivity contribution in [3.8, 4) is 0 Å².